The Morgan fingerprint density at radius 2 is 1.97 bits per heavy atom. The lowest BCUT2D eigenvalue weighted by Crippen LogP contribution is -2.30. The molecule has 1 saturated heterocycles. The number of anilines is 1. The number of amides is 2. The molecule has 1 aromatic heterocycles. The van der Waals surface area contributed by atoms with Crippen LogP contribution in [-0.4, -0.2) is 47.2 Å². The van der Waals surface area contributed by atoms with Crippen LogP contribution in [0.5, 0.6) is 0 Å². The lowest BCUT2D eigenvalue weighted by atomic mass is 10.1. The molecule has 0 unspecified atom stereocenters. The Labute approximate surface area is 192 Å². The summed E-state index contributed by atoms with van der Waals surface area (Å²) in [6, 6.07) is 18.0. The van der Waals surface area contributed by atoms with Crippen LogP contribution in [0.25, 0.3) is 16.9 Å². The van der Waals surface area contributed by atoms with Crippen LogP contribution in [-0.2, 0) is 20.9 Å². The molecule has 2 heterocycles. The Balaban J connectivity index is 1.56. The molecule has 1 fully saturated rings. The number of alkyl carbamates (subject to hydrolysis) is 1. The Hall–Kier alpha value is -3.86. The molecule has 0 bridgehead atoms. The first-order chi connectivity index (χ1) is 16.3. The molecule has 1 aliphatic heterocycles. The molecular formula is C23H21F3N4O4. The van der Waals surface area contributed by atoms with Crippen LogP contribution in [0.15, 0.2) is 60.7 Å². The van der Waals surface area contributed by atoms with Gasteiger partial charge in [-0.1, -0.05) is 36.4 Å². The number of alkyl halides is 3. The fourth-order valence-corrected chi connectivity index (χ4v) is 3.35. The number of halogens is 3. The van der Waals surface area contributed by atoms with Gasteiger partial charge in [-0.25, -0.2) is 9.48 Å². The maximum absolute atomic E-state index is 12.5. The van der Waals surface area contributed by atoms with E-state index in [1.807, 2.05) is 36.4 Å². The molecule has 3 aromatic rings. The molecule has 2 N–H and O–H groups in total. The fourth-order valence-electron chi connectivity index (χ4n) is 3.35. The molecule has 4 rings (SSSR count). The summed E-state index contributed by atoms with van der Waals surface area (Å²) in [5.74, 6) is -0.270. The third-order valence-corrected chi connectivity index (χ3v) is 4.96. The van der Waals surface area contributed by atoms with Gasteiger partial charge in [0.15, 0.2) is 11.9 Å². The van der Waals surface area contributed by atoms with Gasteiger partial charge < -0.3 is 20.1 Å². The van der Waals surface area contributed by atoms with Crippen molar-refractivity contribution in [2.75, 3.05) is 18.5 Å². The second kappa shape index (κ2) is 9.96. The molecule has 1 aliphatic rings. The Morgan fingerprint density at radius 1 is 1.18 bits per heavy atom. The standard InChI is InChI=1S/C23H21F3N4O4/c24-23(25,26)9-10-33-14-15-5-4-6-16(11-15)18-12-20(28-21(31)19-13-27-22(32)34-19)29-30(18)17-7-2-1-3-8-17/h1-8,11-12,19H,9-10,13-14H2,(H,27,32)(H,28,29,31)/t19-/m1/s1. The molecular weight excluding hydrogens is 453 g/mol. The van der Waals surface area contributed by atoms with Crippen molar-refractivity contribution >= 4 is 17.8 Å². The fraction of sp³-hybridized carbons (Fsp3) is 0.261. The number of carbonyl (C=O) groups excluding carboxylic acids is 2. The van der Waals surface area contributed by atoms with Crippen molar-refractivity contribution in [3.63, 3.8) is 0 Å². The van der Waals surface area contributed by atoms with Gasteiger partial charge in [0, 0.05) is 11.6 Å². The van der Waals surface area contributed by atoms with Gasteiger partial charge in [-0.3, -0.25) is 4.79 Å². The third kappa shape index (κ3) is 5.93. The Morgan fingerprint density at radius 3 is 2.68 bits per heavy atom. The topological polar surface area (TPSA) is 94.5 Å². The highest BCUT2D eigenvalue weighted by atomic mass is 19.4. The summed E-state index contributed by atoms with van der Waals surface area (Å²) in [5.41, 5.74) is 2.79. The first-order valence-corrected chi connectivity index (χ1v) is 10.4. The number of benzene rings is 2. The Bertz CT molecular complexity index is 1160. The van der Waals surface area contributed by atoms with E-state index in [4.69, 9.17) is 9.47 Å². The smallest absolute Gasteiger partial charge is 0.408 e. The molecule has 8 nitrogen and oxygen atoms in total. The average Bonchev–Trinajstić information content (AvgIpc) is 3.43. The summed E-state index contributed by atoms with van der Waals surface area (Å²) in [6.45, 7) is -0.340. The van der Waals surface area contributed by atoms with E-state index in [0.717, 1.165) is 11.3 Å². The van der Waals surface area contributed by atoms with Gasteiger partial charge in [-0.2, -0.15) is 13.2 Å². The SMILES string of the molecule is O=C1NC[C@H](C(=O)Nc2cc(-c3cccc(COCCC(F)(F)F)c3)n(-c3ccccc3)n2)O1. The van der Waals surface area contributed by atoms with E-state index in [9.17, 15) is 22.8 Å². The Kier molecular flexibility index (Phi) is 6.82. The van der Waals surface area contributed by atoms with Crippen LogP contribution in [0.3, 0.4) is 0 Å². The second-order valence-electron chi connectivity index (χ2n) is 7.54. The van der Waals surface area contributed by atoms with Crippen molar-refractivity contribution in [3.05, 3.63) is 66.2 Å². The highest BCUT2D eigenvalue weighted by Gasteiger charge is 2.30. The van der Waals surface area contributed by atoms with Gasteiger partial charge in [-0.05, 0) is 23.8 Å². The number of hydrogen-bond acceptors (Lipinski definition) is 5. The third-order valence-electron chi connectivity index (χ3n) is 4.96. The number of nitrogens with zero attached hydrogens (tertiary/aromatic N) is 2. The van der Waals surface area contributed by atoms with E-state index in [0.29, 0.717) is 11.3 Å². The normalized spacial score (nSPS) is 15.6. The summed E-state index contributed by atoms with van der Waals surface area (Å²) < 4.78 is 48.7. The van der Waals surface area contributed by atoms with E-state index < -0.39 is 37.3 Å². The predicted molar refractivity (Wildman–Crippen MR) is 116 cm³/mol. The maximum Gasteiger partial charge on any atom is 0.408 e. The molecule has 178 valence electrons. The number of rotatable bonds is 8. The van der Waals surface area contributed by atoms with Gasteiger partial charge >= 0.3 is 12.3 Å². The zero-order valence-electron chi connectivity index (χ0n) is 17.8. The van der Waals surface area contributed by atoms with Crippen LogP contribution in [0.4, 0.5) is 23.8 Å². The molecule has 0 radical (unpaired) electrons. The van der Waals surface area contributed by atoms with Crippen LogP contribution >= 0.6 is 0 Å². The minimum Gasteiger partial charge on any atom is -0.434 e. The van der Waals surface area contributed by atoms with Gasteiger partial charge in [0.25, 0.3) is 5.91 Å². The van der Waals surface area contributed by atoms with Gasteiger partial charge in [-0.15, -0.1) is 5.10 Å². The summed E-state index contributed by atoms with van der Waals surface area (Å²) in [7, 11) is 0. The number of carbonyl (C=O) groups is 2. The second-order valence-corrected chi connectivity index (χ2v) is 7.54. The zero-order chi connectivity index (χ0) is 24.1. The molecule has 0 spiro atoms. The van der Waals surface area contributed by atoms with E-state index >= 15 is 0 Å². The van der Waals surface area contributed by atoms with E-state index in [-0.39, 0.29) is 19.0 Å². The highest BCUT2D eigenvalue weighted by Crippen LogP contribution is 2.27. The highest BCUT2D eigenvalue weighted by molar-refractivity contribution is 5.96. The summed E-state index contributed by atoms with van der Waals surface area (Å²) in [6.07, 6.45) is -6.90. The number of cyclic esters (lactones) is 1. The first kappa shape index (κ1) is 23.3. The van der Waals surface area contributed by atoms with Crippen molar-refractivity contribution in [1.82, 2.24) is 15.1 Å². The van der Waals surface area contributed by atoms with Crippen molar-refractivity contribution in [2.24, 2.45) is 0 Å². The van der Waals surface area contributed by atoms with Crippen LogP contribution in [0.1, 0.15) is 12.0 Å². The van der Waals surface area contributed by atoms with Crippen molar-refractivity contribution in [3.8, 4) is 16.9 Å². The number of nitrogens with one attached hydrogen (secondary N) is 2. The van der Waals surface area contributed by atoms with Crippen molar-refractivity contribution in [1.29, 1.82) is 0 Å². The maximum atomic E-state index is 12.5. The van der Waals surface area contributed by atoms with E-state index in [1.165, 1.54) is 0 Å². The van der Waals surface area contributed by atoms with Crippen LogP contribution < -0.4 is 10.6 Å². The minimum atomic E-state index is -4.27. The number of para-hydroxylation sites is 1. The van der Waals surface area contributed by atoms with Gasteiger partial charge in [0.05, 0.1) is 37.6 Å². The quantitative estimate of drug-likeness (QED) is 0.481. The van der Waals surface area contributed by atoms with Crippen molar-refractivity contribution < 1.29 is 32.2 Å². The first-order valence-electron chi connectivity index (χ1n) is 10.4. The van der Waals surface area contributed by atoms with Gasteiger partial charge in [0.1, 0.15) is 0 Å². The lowest BCUT2D eigenvalue weighted by Gasteiger charge is -2.10. The molecule has 1 atom stereocenters. The average molecular weight is 474 g/mol. The van der Waals surface area contributed by atoms with E-state index in [1.54, 1.807) is 28.9 Å². The number of hydrogen-bond donors (Lipinski definition) is 2. The summed E-state index contributed by atoms with van der Waals surface area (Å²) >= 11 is 0. The van der Waals surface area contributed by atoms with Gasteiger partial charge in [0.2, 0.25) is 0 Å². The molecule has 0 saturated carbocycles. The minimum absolute atomic E-state index is 0.0209. The van der Waals surface area contributed by atoms with E-state index in [2.05, 4.69) is 15.7 Å². The lowest BCUT2D eigenvalue weighted by molar-refractivity contribution is -0.146. The predicted octanol–water partition coefficient (Wildman–Crippen LogP) is 4.06. The summed E-state index contributed by atoms with van der Waals surface area (Å²) in [5, 5.41) is 9.56. The van der Waals surface area contributed by atoms with Crippen molar-refractivity contribution in [2.45, 2.75) is 25.3 Å². The molecule has 34 heavy (non-hydrogen) atoms. The summed E-state index contributed by atoms with van der Waals surface area (Å²) in [4.78, 5) is 23.7. The molecule has 2 amide bonds. The zero-order valence-corrected chi connectivity index (χ0v) is 17.8. The molecule has 2 aromatic carbocycles. The monoisotopic (exact) mass is 474 g/mol. The number of ether oxygens (including phenoxy) is 2. The molecule has 0 aliphatic carbocycles. The number of aromatic nitrogens is 2. The molecule has 11 heteroatoms. The van der Waals surface area contributed by atoms with Crippen LogP contribution in [0, 0.1) is 0 Å². The largest absolute Gasteiger partial charge is 0.434 e. The van der Waals surface area contributed by atoms with Crippen LogP contribution in [0.2, 0.25) is 0 Å².